The van der Waals surface area contributed by atoms with Crippen molar-refractivity contribution in [3.8, 4) is 0 Å². The molecular formula is C7H15NO. The Kier molecular flexibility index (Phi) is 7.32. The molecule has 0 aliphatic carbocycles. The van der Waals surface area contributed by atoms with Gasteiger partial charge < -0.3 is 5.11 Å². The molecule has 0 radical (unpaired) electrons. The Hall–Kier alpha value is -0.370. The SMILES string of the molecule is CCCCC=NCCO. The maximum absolute atomic E-state index is 8.31. The van der Waals surface area contributed by atoms with Crippen molar-refractivity contribution in [2.45, 2.75) is 26.2 Å². The van der Waals surface area contributed by atoms with Crippen molar-refractivity contribution in [1.82, 2.24) is 0 Å². The molecule has 0 bridgehead atoms. The van der Waals surface area contributed by atoms with Gasteiger partial charge in [0.2, 0.25) is 0 Å². The number of aliphatic hydroxyl groups is 1. The van der Waals surface area contributed by atoms with E-state index in [-0.39, 0.29) is 6.61 Å². The molecular weight excluding hydrogens is 114 g/mol. The molecule has 0 aromatic carbocycles. The Morgan fingerprint density at radius 2 is 2.33 bits per heavy atom. The lowest BCUT2D eigenvalue weighted by atomic mass is 10.3. The lowest BCUT2D eigenvalue weighted by Gasteiger charge is -1.87. The molecule has 0 rings (SSSR count). The van der Waals surface area contributed by atoms with Crippen molar-refractivity contribution in [2.24, 2.45) is 4.99 Å². The van der Waals surface area contributed by atoms with Gasteiger partial charge in [-0.2, -0.15) is 0 Å². The first-order valence-corrected chi connectivity index (χ1v) is 3.51. The van der Waals surface area contributed by atoms with E-state index < -0.39 is 0 Å². The Balaban J connectivity index is 2.86. The quantitative estimate of drug-likeness (QED) is 0.439. The van der Waals surface area contributed by atoms with Crippen LogP contribution >= 0.6 is 0 Å². The third-order valence-corrected chi connectivity index (χ3v) is 1.04. The predicted octanol–water partition coefficient (Wildman–Crippen LogP) is 1.24. The summed E-state index contributed by atoms with van der Waals surface area (Å²) >= 11 is 0. The lowest BCUT2D eigenvalue weighted by molar-refractivity contribution is 0.307. The van der Waals surface area contributed by atoms with Crippen LogP contribution in [0.5, 0.6) is 0 Å². The fraction of sp³-hybridized carbons (Fsp3) is 0.857. The smallest absolute Gasteiger partial charge is 0.0626 e. The molecule has 0 heterocycles. The Morgan fingerprint density at radius 1 is 1.56 bits per heavy atom. The highest BCUT2D eigenvalue weighted by Gasteiger charge is 1.77. The van der Waals surface area contributed by atoms with E-state index in [1.165, 1.54) is 12.8 Å². The monoisotopic (exact) mass is 129 g/mol. The van der Waals surface area contributed by atoms with E-state index in [1.807, 2.05) is 6.21 Å². The zero-order valence-electron chi connectivity index (χ0n) is 6.01. The van der Waals surface area contributed by atoms with Crippen molar-refractivity contribution in [1.29, 1.82) is 0 Å². The molecule has 0 aliphatic heterocycles. The van der Waals surface area contributed by atoms with Crippen LogP contribution in [0.15, 0.2) is 4.99 Å². The van der Waals surface area contributed by atoms with Gasteiger partial charge >= 0.3 is 0 Å². The molecule has 0 saturated heterocycles. The number of hydrogen-bond acceptors (Lipinski definition) is 2. The van der Waals surface area contributed by atoms with Crippen LogP contribution in [0.2, 0.25) is 0 Å². The second kappa shape index (κ2) is 7.63. The van der Waals surface area contributed by atoms with E-state index in [4.69, 9.17) is 5.11 Å². The number of nitrogens with zero attached hydrogens (tertiary/aromatic N) is 1. The number of rotatable bonds is 5. The van der Waals surface area contributed by atoms with Crippen molar-refractivity contribution >= 4 is 6.21 Å². The van der Waals surface area contributed by atoms with Crippen LogP contribution in [0.3, 0.4) is 0 Å². The zero-order chi connectivity index (χ0) is 6.95. The van der Waals surface area contributed by atoms with Gasteiger partial charge in [-0.1, -0.05) is 13.3 Å². The van der Waals surface area contributed by atoms with Crippen LogP contribution < -0.4 is 0 Å². The molecule has 0 amide bonds. The van der Waals surface area contributed by atoms with E-state index in [0.29, 0.717) is 6.54 Å². The number of hydrogen-bond donors (Lipinski definition) is 1. The van der Waals surface area contributed by atoms with E-state index in [0.717, 1.165) is 6.42 Å². The maximum atomic E-state index is 8.31. The largest absolute Gasteiger partial charge is 0.394 e. The normalized spacial score (nSPS) is 10.9. The van der Waals surface area contributed by atoms with Crippen LogP contribution in [0.25, 0.3) is 0 Å². The molecule has 1 N–H and O–H groups in total. The molecule has 0 aromatic heterocycles. The molecule has 2 nitrogen and oxygen atoms in total. The average molecular weight is 129 g/mol. The van der Waals surface area contributed by atoms with E-state index >= 15 is 0 Å². The molecule has 9 heavy (non-hydrogen) atoms. The van der Waals surface area contributed by atoms with Gasteiger partial charge in [0.1, 0.15) is 0 Å². The Morgan fingerprint density at radius 3 is 2.89 bits per heavy atom. The van der Waals surface area contributed by atoms with Crippen molar-refractivity contribution in [2.75, 3.05) is 13.2 Å². The molecule has 0 atom stereocenters. The van der Waals surface area contributed by atoms with Crippen LogP contribution in [0, 0.1) is 0 Å². The first-order chi connectivity index (χ1) is 4.41. The maximum Gasteiger partial charge on any atom is 0.0626 e. The molecule has 2 heteroatoms. The summed E-state index contributed by atoms with van der Waals surface area (Å²) in [6.07, 6.45) is 5.36. The highest BCUT2D eigenvalue weighted by atomic mass is 16.3. The van der Waals surface area contributed by atoms with Gasteiger partial charge in [0, 0.05) is 0 Å². The predicted molar refractivity (Wildman–Crippen MR) is 40.0 cm³/mol. The lowest BCUT2D eigenvalue weighted by Crippen LogP contribution is -1.87. The molecule has 54 valence electrons. The van der Waals surface area contributed by atoms with E-state index in [1.54, 1.807) is 0 Å². The van der Waals surface area contributed by atoms with Gasteiger partial charge in [-0.25, -0.2) is 0 Å². The first-order valence-electron chi connectivity index (χ1n) is 3.51. The summed E-state index contributed by atoms with van der Waals surface area (Å²) in [6, 6.07) is 0. The van der Waals surface area contributed by atoms with Crippen molar-refractivity contribution in [3.05, 3.63) is 0 Å². The highest BCUT2D eigenvalue weighted by Crippen LogP contribution is 1.89. The molecule has 0 saturated carbocycles. The summed E-state index contributed by atoms with van der Waals surface area (Å²) in [7, 11) is 0. The number of aliphatic imine (C=N–C) groups is 1. The minimum atomic E-state index is 0.169. The molecule has 0 unspecified atom stereocenters. The summed E-state index contributed by atoms with van der Waals surface area (Å²) in [6.45, 7) is 2.88. The molecule has 0 fully saturated rings. The van der Waals surface area contributed by atoms with Crippen LogP contribution in [0.4, 0.5) is 0 Å². The van der Waals surface area contributed by atoms with Gasteiger partial charge in [-0.3, -0.25) is 4.99 Å². The standard InChI is InChI=1S/C7H15NO/c1-2-3-4-5-8-6-7-9/h5,9H,2-4,6-7H2,1H3. The Bertz CT molecular complexity index is 71.3. The summed E-state index contributed by atoms with van der Waals surface area (Å²) in [5.74, 6) is 0. The van der Waals surface area contributed by atoms with Crippen molar-refractivity contribution in [3.63, 3.8) is 0 Å². The summed E-state index contributed by atoms with van der Waals surface area (Å²) in [5, 5.41) is 8.31. The summed E-state index contributed by atoms with van der Waals surface area (Å²) in [5.41, 5.74) is 0. The fourth-order valence-electron chi connectivity index (χ4n) is 0.536. The Labute approximate surface area is 56.6 Å². The number of aliphatic hydroxyl groups excluding tert-OH is 1. The second-order valence-electron chi connectivity index (χ2n) is 1.95. The highest BCUT2D eigenvalue weighted by molar-refractivity contribution is 5.56. The van der Waals surface area contributed by atoms with Crippen LogP contribution in [0.1, 0.15) is 26.2 Å². The van der Waals surface area contributed by atoms with Crippen molar-refractivity contribution < 1.29 is 5.11 Å². The third-order valence-electron chi connectivity index (χ3n) is 1.04. The van der Waals surface area contributed by atoms with Gasteiger partial charge in [0.05, 0.1) is 13.2 Å². The van der Waals surface area contributed by atoms with Gasteiger partial charge in [0.25, 0.3) is 0 Å². The third kappa shape index (κ3) is 7.63. The minimum Gasteiger partial charge on any atom is -0.394 e. The number of unbranched alkanes of at least 4 members (excludes halogenated alkanes) is 2. The molecule has 0 aliphatic rings. The minimum absolute atomic E-state index is 0.169. The fourth-order valence-corrected chi connectivity index (χ4v) is 0.536. The van der Waals surface area contributed by atoms with Gasteiger partial charge in [-0.15, -0.1) is 0 Å². The topological polar surface area (TPSA) is 32.6 Å². The molecule has 0 spiro atoms. The molecule has 0 aromatic rings. The first kappa shape index (κ1) is 8.63. The van der Waals surface area contributed by atoms with Gasteiger partial charge in [0.15, 0.2) is 0 Å². The second-order valence-corrected chi connectivity index (χ2v) is 1.95. The zero-order valence-corrected chi connectivity index (χ0v) is 6.01. The average Bonchev–Trinajstić information content (AvgIpc) is 1.89. The van der Waals surface area contributed by atoms with Crippen LogP contribution in [-0.4, -0.2) is 24.5 Å². The van der Waals surface area contributed by atoms with Gasteiger partial charge in [-0.05, 0) is 19.1 Å². The summed E-state index contributed by atoms with van der Waals surface area (Å²) < 4.78 is 0. The van der Waals surface area contributed by atoms with E-state index in [2.05, 4.69) is 11.9 Å². The summed E-state index contributed by atoms with van der Waals surface area (Å²) in [4.78, 5) is 3.95. The van der Waals surface area contributed by atoms with Crippen LogP contribution in [-0.2, 0) is 0 Å². The van der Waals surface area contributed by atoms with E-state index in [9.17, 15) is 0 Å².